The first kappa shape index (κ1) is 12.5. The number of hydrogen-bond acceptors (Lipinski definition) is 6. The van der Waals surface area contributed by atoms with E-state index < -0.39 is 0 Å². The molecule has 0 bridgehead atoms. The van der Waals surface area contributed by atoms with Crippen LogP contribution in [0.25, 0.3) is 0 Å². The van der Waals surface area contributed by atoms with E-state index in [0.29, 0.717) is 17.5 Å². The number of hydrogen-bond donors (Lipinski definition) is 1. The van der Waals surface area contributed by atoms with Gasteiger partial charge in [0.05, 0.1) is 11.9 Å². The number of pyridine rings is 1. The Morgan fingerprint density at radius 2 is 2.28 bits per heavy atom. The van der Waals surface area contributed by atoms with Crippen LogP contribution in [-0.2, 0) is 19.6 Å². The highest BCUT2D eigenvalue weighted by Gasteiger charge is 2.05. The number of aromatic nitrogens is 3. The molecule has 0 aliphatic rings. The van der Waals surface area contributed by atoms with Crippen molar-refractivity contribution in [3.05, 3.63) is 35.7 Å². The van der Waals surface area contributed by atoms with Crippen LogP contribution in [0.1, 0.15) is 24.3 Å². The normalized spacial score (nSPS) is 10.6. The van der Waals surface area contributed by atoms with E-state index in [0.717, 1.165) is 18.7 Å². The highest BCUT2D eigenvalue weighted by Crippen LogP contribution is 2.11. The second-order valence-electron chi connectivity index (χ2n) is 3.76. The number of nitrogens with one attached hydrogen (secondary N) is 1. The van der Waals surface area contributed by atoms with Gasteiger partial charge in [0.2, 0.25) is 11.7 Å². The van der Waals surface area contributed by atoms with Crippen LogP contribution in [-0.4, -0.2) is 22.2 Å². The van der Waals surface area contributed by atoms with Crippen LogP contribution in [0.15, 0.2) is 22.9 Å². The molecule has 6 nitrogen and oxygen atoms in total. The van der Waals surface area contributed by atoms with Gasteiger partial charge in [-0.25, -0.2) is 0 Å². The molecule has 0 aliphatic heterocycles. The van der Waals surface area contributed by atoms with Gasteiger partial charge in [0.15, 0.2) is 6.61 Å². The maximum absolute atomic E-state index is 5.52. The fourth-order valence-electron chi connectivity index (χ4n) is 1.42. The zero-order valence-electron chi connectivity index (χ0n) is 10.5. The fraction of sp³-hybridized carbons (Fsp3) is 0.417. The monoisotopic (exact) mass is 248 g/mol. The van der Waals surface area contributed by atoms with Gasteiger partial charge in [-0.2, -0.15) is 4.98 Å². The van der Waals surface area contributed by atoms with Crippen LogP contribution >= 0.6 is 0 Å². The third kappa shape index (κ3) is 3.27. The maximum atomic E-state index is 5.52. The molecule has 0 fully saturated rings. The van der Waals surface area contributed by atoms with Gasteiger partial charge in [0.25, 0.3) is 0 Å². The lowest BCUT2D eigenvalue weighted by Gasteiger charge is -2.04. The third-order valence-electron chi connectivity index (χ3n) is 2.34. The second kappa shape index (κ2) is 6.11. The maximum Gasteiger partial charge on any atom is 0.226 e. The summed E-state index contributed by atoms with van der Waals surface area (Å²) in [4.78, 5) is 8.41. The molecule has 0 saturated carbocycles. The Bertz CT molecular complexity index is 481. The van der Waals surface area contributed by atoms with Crippen molar-refractivity contribution in [1.82, 2.24) is 20.4 Å². The fourth-order valence-corrected chi connectivity index (χ4v) is 1.42. The first-order valence-corrected chi connectivity index (χ1v) is 5.85. The summed E-state index contributed by atoms with van der Waals surface area (Å²) >= 11 is 0. The molecule has 2 heterocycles. The Balaban J connectivity index is 1.89. The number of rotatable bonds is 6. The Morgan fingerprint density at radius 3 is 2.89 bits per heavy atom. The van der Waals surface area contributed by atoms with Crippen molar-refractivity contribution in [2.75, 3.05) is 7.05 Å². The summed E-state index contributed by atoms with van der Waals surface area (Å²) in [6, 6.07) is 3.79. The molecule has 6 heteroatoms. The Kier molecular flexibility index (Phi) is 4.25. The van der Waals surface area contributed by atoms with Gasteiger partial charge < -0.3 is 14.6 Å². The molecule has 0 atom stereocenters. The molecule has 0 spiro atoms. The average Bonchev–Trinajstić information content (AvgIpc) is 2.86. The van der Waals surface area contributed by atoms with E-state index in [-0.39, 0.29) is 6.61 Å². The molecule has 2 aromatic heterocycles. The van der Waals surface area contributed by atoms with E-state index in [1.165, 1.54) is 0 Å². The number of nitrogens with zero attached hydrogens (tertiary/aromatic N) is 3. The molecule has 0 saturated heterocycles. The molecule has 18 heavy (non-hydrogen) atoms. The van der Waals surface area contributed by atoms with Crippen LogP contribution in [0.3, 0.4) is 0 Å². The van der Waals surface area contributed by atoms with Gasteiger partial charge in [-0.05, 0) is 19.2 Å². The van der Waals surface area contributed by atoms with Crippen LogP contribution in [0.4, 0.5) is 0 Å². The lowest BCUT2D eigenvalue weighted by Crippen LogP contribution is -2.06. The number of ether oxygens (including phenoxy) is 1. The minimum atomic E-state index is 0.288. The molecular formula is C12H16N4O2. The average molecular weight is 248 g/mol. The molecule has 96 valence electrons. The molecule has 2 aromatic rings. The Morgan fingerprint density at radius 1 is 1.39 bits per heavy atom. The van der Waals surface area contributed by atoms with Crippen molar-refractivity contribution >= 4 is 0 Å². The van der Waals surface area contributed by atoms with Gasteiger partial charge in [-0.1, -0.05) is 12.1 Å². The molecule has 0 amide bonds. The Hall–Kier alpha value is -1.95. The van der Waals surface area contributed by atoms with Crippen LogP contribution < -0.4 is 10.1 Å². The smallest absolute Gasteiger partial charge is 0.226 e. The lowest BCUT2D eigenvalue weighted by atomic mass is 10.3. The first-order valence-electron chi connectivity index (χ1n) is 5.85. The van der Waals surface area contributed by atoms with E-state index >= 15 is 0 Å². The predicted octanol–water partition coefficient (Wildman–Crippen LogP) is 1.33. The van der Waals surface area contributed by atoms with Gasteiger partial charge in [0, 0.05) is 13.0 Å². The summed E-state index contributed by atoms with van der Waals surface area (Å²) in [6.45, 7) is 2.99. The van der Waals surface area contributed by atoms with E-state index in [1.54, 1.807) is 6.20 Å². The quantitative estimate of drug-likeness (QED) is 0.831. The summed E-state index contributed by atoms with van der Waals surface area (Å²) in [5, 5.41) is 6.84. The minimum Gasteiger partial charge on any atom is -0.484 e. The van der Waals surface area contributed by atoms with Gasteiger partial charge >= 0.3 is 0 Å². The SMILES string of the molecule is CCc1nc(COc2ccc(CNC)nc2)no1. The summed E-state index contributed by atoms with van der Waals surface area (Å²) in [6.07, 6.45) is 2.42. The van der Waals surface area contributed by atoms with Crippen molar-refractivity contribution in [3.63, 3.8) is 0 Å². The third-order valence-corrected chi connectivity index (χ3v) is 2.34. The molecule has 1 N–H and O–H groups in total. The standard InChI is InChI=1S/C12H16N4O2/c1-3-12-15-11(16-18-12)8-17-10-5-4-9(6-13-2)14-7-10/h4-5,7,13H,3,6,8H2,1-2H3. The molecule has 0 aromatic carbocycles. The molecule has 0 radical (unpaired) electrons. The van der Waals surface area contributed by atoms with Crippen LogP contribution in [0.2, 0.25) is 0 Å². The van der Waals surface area contributed by atoms with Crippen LogP contribution in [0.5, 0.6) is 5.75 Å². The van der Waals surface area contributed by atoms with E-state index in [4.69, 9.17) is 9.26 Å². The van der Waals surface area contributed by atoms with E-state index in [2.05, 4.69) is 20.4 Å². The van der Waals surface area contributed by atoms with Crippen molar-refractivity contribution in [2.45, 2.75) is 26.5 Å². The van der Waals surface area contributed by atoms with Gasteiger partial charge in [-0.3, -0.25) is 4.98 Å². The predicted molar refractivity (Wildman–Crippen MR) is 65.0 cm³/mol. The molecule has 0 aliphatic carbocycles. The van der Waals surface area contributed by atoms with Crippen LogP contribution in [0, 0.1) is 0 Å². The topological polar surface area (TPSA) is 73.1 Å². The first-order chi connectivity index (χ1) is 8.81. The van der Waals surface area contributed by atoms with Gasteiger partial charge in [0.1, 0.15) is 5.75 Å². The lowest BCUT2D eigenvalue weighted by molar-refractivity contribution is 0.284. The molecular weight excluding hydrogens is 232 g/mol. The summed E-state index contributed by atoms with van der Waals surface area (Å²) < 4.78 is 10.5. The summed E-state index contributed by atoms with van der Waals surface area (Å²) in [5.41, 5.74) is 0.970. The van der Waals surface area contributed by atoms with Crippen molar-refractivity contribution in [2.24, 2.45) is 0 Å². The van der Waals surface area contributed by atoms with E-state index in [1.807, 2.05) is 26.1 Å². The van der Waals surface area contributed by atoms with Crippen molar-refractivity contribution in [1.29, 1.82) is 0 Å². The van der Waals surface area contributed by atoms with Crippen molar-refractivity contribution in [3.8, 4) is 5.75 Å². The zero-order valence-corrected chi connectivity index (χ0v) is 10.5. The second-order valence-corrected chi connectivity index (χ2v) is 3.76. The highest BCUT2D eigenvalue weighted by atomic mass is 16.5. The molecule has 2 rings (SSSR count). The zero-order chi connectivity index (χ0) is 12.8. The van der Waals surface area contributed by atoms with E-state index in [9.17, 15) is 0 Å². The number of aryl methyl sites for hydroxylation is 1. The Labute approximate surface area is 105 Å². The minimum absolute atomic E-state index is 0.288. The van der Waals surface area contributed by atoms with Crippen molar-refractivity contribution < 1.29 is 9.26 Å². The summed E-state index contributed by atoms with van der Waals surface area (Å²) in [7, 11) is 1.88. The van der Waals surface area contributed by atoms with Gasteiger partial charge in [-0.15, -0.1) is 0 Å². The molecule has 0 unspecified atom stereocenters. The highest BCUT2D eigenvalue weighted by molar-refractivity contribution is 5.19. The summed E-state index contributed by atoms with van der Waals surface area (Å²) in [5.74, 6) is 1.86. The largest absolute Gasteiger partial charge is 0.484 e.